The second-order valence-corrected chi connectivity index (χ2v) is 5.55. The van der Waals surface area contributed by atoms with Crippen molar-refractivity contribution < 1.29 is 4.39 Å². The molecule has 5 heteroatoms. The molecule has 0 radical (unpaired) electrons. The van der Waals surface area contributed by atoms with Crippen LogP contribution in [-0.4, -0.2) is 6.54 Å². The number of hydrogen-bond acceptors (Lipinski definition) is 2. The van der Waals surface area contributed by atoms with E-state index >= 15 is 0 Å². The highest BCUT2D eigenvalue weighted by molar-refractivity contribution is 7.10. The minimum atomic E-state index is -0.337. The molecule has 1 aromatic carbocycles. The number of benzene rings is 1. The van der Waals surface area contributed by atoms with Gasteiger partial charge in [-0.1, -0.05) is 36.2 Å². The van der Waals surface area contributed by atoms with E-state index in [4.69, 9.17) is 23.2 Å². The Balaban J connectivity index is 2.45. The Bertz CT molecular complexity index is 542. The summed E-state index contributed by atoms with van der Waals surface area (Å²) in [5, 5.41) is 6.36. The van der Waals surface area contributed by atoms with Crippen molar-refractivity contribution in [3.63, 3.8) is 0 Å². The summed E-state index contributed by atoms with van der Waals surface area (Å²) in [4.78, 5) is 0.993. The zero-order valence-electron chi connectivity index (χ0n) is 9.71. The van der Waals surface area contributed by atoms with Crippen LogP contribution in [0.2, 0.25) is 10.0 Å². The van der Waals surface area contributed by atoms with Crippen LogP contribution in [0.15, 0.2) is 29.6 Å². The Morgan fingerprint density at radius 1 is 1.28 bits per heavy atom. The summed E-state index contributed by atoms with van der Waals surface area (Å²) in [6, 6.07) is 6.18. The molecule has 0 aliphatic heterocycles. The SMILES string of the molecule is CCNC(c1ccc(F)cc1Cl)c1sccc1Cl. The molecule has 18 heavy (non-hydrogen) atoms. The Morgan fingerprint density at radius 3 is 2.61 bits per heavy atom. The van der Waals surface area contributed by atoms with Crippen molar-refractivity contribution >= 4 is 34.5 Å². The first-order valence-electron chi connectivity index (χ1n) is 5.54. The molecule has 0 aliphatic rings. The maximum atomic E-state index is 13.1. The van der Waals surface area contributed by atoms with Crippen LogP contribution in [0.4, 0.5) is 4.39 Å². The number of thiophene rings is 1. The van der Waals surface area contributed by atoms with Gasteiger partial charge in [-0.05, 0) is 35.7 Å². The highest BCUT2D eigenvalue weighted by atomic mass is 35.5. The van der Waals surface area contributed by atoms with Gasteiger partial charge in [0.15, 0.2) is 0 Å². The van der Waals surface area contributed by atoms with Gasteiger partial charge in [-0.3, -0.25) is 0 Å². The van der Waals surface area contributed by atoms with Crippen molar-refractivity contribution in [2.45, 2.75) is 13.0 Å². The van der Waals surface area contributed by atoms with Gasteiger partial charge >= 0.3 is 0 Å². The van der Waals surface area contributed by atoms with Crippen molar-refractivity contribution in [2.24, 2.45) is 0 Å². The fourth-order valence-corrected chi connectivity index (χ4v) is 3.33. The van der Waals surface area contributed by atoms with Gasteiger partial charge in [-0.15, -0.1) is 11.3 Å². The third-order valence-electron chi connectivity index (χ3n) is 2.59. The van der Waals surface area contributed by atoms with Gasteiger partial charge in [0.25, 0.3) is 0 Å². The van der Waals surface area contributed by atoms with Crippen LogP contribution in [0.1, 0.15) is 23.4 Å². The average Bonchev–Trinajstić information content (AvgIpc) is 2.73. The Morgan fingerprint density at radius 2 is 2.06 bits per heavy atom. The lowest BCUT2D eigenvalue weighted by Crippen LogP contribution is -2.21. The van der Waals surface area contributed by atoms with Gasteiger partial charge in [0.1, 0.15) is 5.82 Å². The molecule has 1 aromatic heterocycles. The lowest BCUT2D eigenvalue weighted by Gasteiger charge is -2.19. The molecule has 96 valence electrons. The zero-order valence-corrected chi connectivity index (χ0v) is 12.0. The number of halogens is 3. The summed E-state index contributed by atoms with van der Waals surface area (Å²) in [5.74, 6) is -0.337. The van der Waals surface area contributed by atoms with E-state index in [1.807, 2.05) is 18.4 Å². The van der Waals surface area contributed by atoms with Crippen molar-refractivity contribution in [3.8, 4) is 0 Å². The summed E-state index contributed by atoms with van der Waals surface area (Å²) >= 11 is 13.8. The summed E-state index contributed by atoms with van der Waals surface area (Å²) in [6.07, 6.45) is 0. The van der Waals surface area contributed by atoms with Crippen LogP contribution in [0.3, 0.4) is 0 Å². The van der Waals surface area contributed by atoms with Crippen LogP contribution in [0.5, 0.6) is 0 Å². The molecule has 1 nitrogen and oxygen atoms in total. The normalized spacial score (nSPS) is 12.7. The van der Waals surface area contributed by atoms with Gasteiger partial charge in [0.05, 0.1) is 11.1 Å². The van der Waals surface area contributed by atoms with Crippen molar-refractivity contribution in [1.29, 1.82) is 0 Å². The monoisotopic (exact) mass is 303 g/mol. The van der Waals surface area contributed by atoms with Crippen LogP contribution in [0.25, 0.3) is 0 Å². The van der Waals surface area contributed by atoms with Crippen LogP contribution in [0, 0.1) is 5.82 Å². The largest absolute Gasteiger partial charge is 0.306 e. The lowest BCUT2D eigenvalue weighted by atomic mass is 10.1. The molecule has 0 amide bonds. The topological polar surface area (TPSA) is 12.0 Å². The molecule has 0 spiro atoms. The molecule has 1 N–H and O–H groups in total. The van der Waals surface area contributed by atoms with E-state index in [-0.39, 0.29) is 11.9 Å². The second kappa shape index (κ2) is 6.02. The van der Waals surface area contributed by atoms with Gasteiger partial charge in [-0.2, -0.15) is 0 Å². The maximum Gasteiger partial charge on any atom is 0.124 e. The molecule has 2 aromatic rings. The van der Waals surface area contributed by atoms with Gasteiger partial charge in [-0.25, -0.2) is 4.39 Å². The van der Waals surface area contributed by atoms with E-state index in [0.29, 0.717) is 10.0 Å². The summed E-state index contributed by atoms with van der Waals surface area (Å²) in [7, 11) is 0. The minimum absolute atomic E-state index is 0.101. The minimum Gasteiger partial charge on any atom is -0.306 e. The maximum absolute atomic E-state index is 13.1. The molecular weight excluding hydrogens is 292 g/mol. The molecule has 0 bridgehead atoms. The van der Waals surface area contributed by atoms with Gasteiger partial charge in [0, 0.05) is 9.90 Å². The smallest absolute Gasteiger partial charge is 0.124 e. The van der Waals surface area contributed by atoms with E-state index < -0.39 is 0 Å². The Labute approximate surface area is 120 Å². The van der Waals surface area contributed by atoms with E-state index in [1.54, 1.807) is 17.4 Å². The van der Waals surface area contributed by atoms with E-state index in [1.165, 1.54) is 12.1 Å². The van der Waals surface area contributed by atoms with Crippen LogP contribution in [-0.2, 0) is 0 Å². The molecule has 1 unspecified atom stereocenters. The first kappa shape index (κ1) is 13.8. The predicted molar refractivity (Wildman–Crippen MR) is 76.3 cm³/mol. The van der Waals surface area contributed by atoms with Crippen LogP contribution >= 0.6 is 34.5 Å². The van der Waals surface area contributed by atoms with Crippen molar-refractivity contribution in [3.05, 3.63) is 55.9 Å². The second-order valence-electron chi connectivity index (χ2n) is 3.79. The molecule has 1 atom stereocenters. The molecule has 0 aliphatic carbocycles. The molecule has 2 rings (SSSR count). The molecule has 0 fully saturated rings. The fraction of sp³-hybridized carbons (Fsp3) is 0.231. The van der Waals surface area contributed by atoms with Gasteiger partial charge in [0.2, 0.25) is 0 Å². The number of hydrogen-bond donors (Lipinski definition) is 1. The van der Waals surface area contributed by atoms with E-state index in [2.05, 4.69) is 5.32 Å². The Kier molecular flexibility index (Phi) is 4.62. The number of rotatable bonds is 4. The number of nitrogens with one attached hydrogen (secondary N) is 1. The first-order valence-corrected chi connectivity index (χ1v) is 7.18. The summed E-state index contributed by atoms with van der Waals surface area (Å²) < 4.78 is 13.1. The zero-order chi connectivity index (χ0) is 13.1. The standard InChI is InChI=1S/C13H12Cl2FNS/c1-2-17-12(13-10(14)5-6-18-13)9-4-3-8(16)7-11(9)15/h3-7,12,17H,2H2,1H3. The molecular formula is C13H12Cl2FNS. The van der Waals surface area contributed by atoms with Crippen molar-refractivity contribution in [1.82, 2.24) is 5.32 Å². The van der Waals surface area contributed by atoms with E-state index in [0.717, 1.165) is 17.0 Å². The third kappa shape index (κ3) is 2.86. The summed E-state index contributed by atoms with van der Waals surface area (Å²) in [6.45, 7) is 2.78. The molecule has 0 saturated heterocycles. The highest BCUT2D eigenvalue weighted by Gasteiger charge is 2.20. The third-order valence-corrected chi connectivity index (χ3v) is 4.34. The lowest BCUT2D eigenvalue weighted by molar-refractivity contribution is 0.617. The average molecular weight is 304 g/mol. The van der Waals surface area contributed by atoms with Crippen molar-refractivity contribution in [2.75, 3.05) is 6.54 Å². The molecule has 1 heterocycles. The predicted octanol–water partition coefficient (Wildman–Crippen LogP) is 4.89. The highest BCUT2D eigenvalue weighted by Crippen LogP contribution is 2.35. The quantitative estimate of drug-likeness (QED) is 0.847. The first-order chi connectivity index (χ1) is 8.63. The molecule has 0 saturated carbocycles. The van der Waals surface area contributed by atoms with Gasteiger partial charge < -0.3 is 5.32 Å². The Hall–Kier alpha value is -0.610. The summed E-state index contributed by atoms with van der Waals surface area (Å²) in [5.41, 5.74) is 0.837. The fourth-order valence-electron chi connectivity index (χ4n) is 1.80. The van der Waals surface area contributed by atoms with Crippen LogP contribution < -0.4 is 5.32 Å². The van der Waals surface area contributed by atoms with E-state index in [9.17, 15) is 4.39 Å².